The fraction of sp³-hybridized carbons (Fsp3) is 0.481. The van der Waals surface area contributed by atoms with Crippen molar-refractivity contribution in [1.82, 2.24) is 14.9 Å². The summed E-state index contributed by atoms with van der Waals surface area (Å²) in [5, 5.41) is 13.3. The van der Waals surface area contributed by atoms with Crippen LogP contribution in [0.2, 0.25) is 0 Å². The lowest BCUT2D eigenvalue weighted by Crippen LogP contribution is -2.43. The first-order valence-corrected chi connectivity index (χ1v) is 13.0. The summed E-state index contributed by atoms with van der Waals surface area (Å²) >= 11 is 1.51. The molecule has 0 aliphatic heterocycles. The molecule has 6 nitrogen and oxygen atoms in total. The number of aromatic amines is 1. The summed E-state index contributed by atoms with van der Waals surface area (Å²) in [5.74, 6) is 0.650. The van der Waals surface area contributed by atoms with Crippen LogP contribution in [0.15, 0.2) is 41.0 Å². The number of aliphatic hydroxyl groups excluding tert-OH is 1. The highest BCUT2D eigenvalue weighted by Crippen LogP contribution is 2.33. The molecule has 0 bridgehead atoms. The second-order valence-corrected chi connectivity index (χ2v) is 10.2. The van der Waals surface area contributed by atoms with Crippen LogP contribution in [-0.2, 0) is 11.3 Å². The normalized spacial score (nSPS) is 15.8. The average molecular weight is 482 g/mol. The zero-order chi connectivity index (χ0) is 24.1. The van der Waals surface area contributed by atoms with E-state index in [1.165, 1.54) is 36.2 Å². The van der Waals surface area contributed by atoms with Crippen LogP contribution in [0.25, 0.3) is 21.3 Å². The molecule has 0 amide bonds. The smallest absolute Gasteiger partial charge is 0.260 e. The van der Waals surface area contributed by atoms with E-state index < -0.39 is 6.10 Å². The molecule has 182 valence electrons. The summed E-state index contributed by atoms with van der Waals surface area (Å²) in [5.41, 5.74) is 4.23. The van der Waals surface area contributed by atoms with E-state index in [1.807, 2.05) is 5.38 Å². The Bertz CT molecular complexity index is 1180. The molecule has 0 unspecified atom stereocenters. The Labute approximate surface area is 205 Å². The zero-order valence-electron chi connectivity index (χ0n) is 20.2. The van der Waals surface area contributed by atoms with Crippen molar-refractivity contribution in [2.75, 3.05) is 19.8 Å². The molecule has 1 aromatic carbocycles. The number of nitrogens with zero attached hydrogens (tertiary/aromatic N) is 2. The average Bonchev–Trinajstić information content (AvgIpc) is 3.25. The van der Waals surface area contributed by atoms with Gasteiger partial charge in [0.15, 0.2) is 0 Å². The van der Waals surface area contributed by atoms with Gasteiger partial charge in [0.2, 0.25) is 0 Å². The molecular formula is C27H35N3O3S. The second-order valence-electron chi connectivity index (χ2n) is 9.36. The lowest BCUT2D eigenvalue weighted by atomic mass is 9.94. The highest BCUT2D eigenvalue weighted by Gasteiger charge is 2.25. The molecule has 3 aromatic rings. The maximum absolute atomic E-state index is 13.2. The predicted molar refractivity (Wildman–Crippen MR) is 139 cm³/mol. The molecule has 2 heterocycles. The summed E-state index contributed by atoms with van der Waals surface area (Å²) in [4.78, 5) is 24.1. The van der Waals surface area contributed by atoms with E-state index in [4.69, 9.17) is 9.72 Å². The minimum Gasteiger partial charge on any atom is -0.389 e. The van der Waals surface area contributed by atoms with Gasteiger partial charge < -0.3 is 14.8 Å². The molecule has 1 fully saturated rings. The first-order chi connectivity index (χ1) is 16.5. The first kappa shape index (κ1) is 24.8. The number of hydrogen-bond donors (Lipinski definition) is 2. The number of rotatable bonds is 10. The van der Waals surface area contributed by atoms with Gasteiger partial charge in [0.05, 0.1) is 31.2 Å². The second kappa shape index (κ2) is 11.4. The Morgan fingerprint density at radius 3 is 2.85 bits per heavy atom. The van der Waals surface area contributed by atoms with Gasteiger partial charge in [0.1, 0.15) is 10.7 Å². The van der Waals surface area contributed by atoms with E-state index in [9.17, 15) is 9.90 Å². The van der Waals surface area contributed by atoms with Crippen LogP contribution in [-0.4, -0.2) is 51.9 Å². The van der Waals surface area contributed by atoms with E-state index in [1.54, 1.807) is 6.08 Å². The minimum atomic E-state index is -0.602. The zero-order valence-corrected chi connectivity index (χ0v) is 21.0. The fourth-order valence-electron chi connectivity index (χ4n) is 4.88. The molecule has 4 rings (SSSR count). The third-order valence-electron chi connectivity index (χ3n) is 6.61. The van der Waals surface area contributed by atoms with E-state index in [-0.39, 0.29) is 12.2 Å². The van der Waals surface area contributed by atoms with Gasteiger partial charge >= 0.3 is 0 Å². The van der Waals surface area contributed by atoms with Crippen LogP contribution in [0, 0.1) is 13.8 Å². The topological polar surface area (TPSA) is 78.5 Å². The van der Waals surface area contributed by atoms with Crippen molar-refractivity contribution in [2.24, 2.45) is 0 Å². The Balaban J connectivity index is 1.60. The number of fused-ring (bicyclic) bond motifs is 1. The molecular weight excluding hydrogens is 446 g/mol. The molecule has 2 aromatic heterocycles. The van der Waals surface area contributed by atoms with Crippen molar-refractivity contribution in [2.45, 2.75) is 64.6 Å². The first-order valence-electron chi connectivity index (χ1n) is 12.1. The quantitative estimate of drug-likeness (QED) is 0.316. The largest absolute Gasteiger partial charge is 0.389 e. The molecule has 34 heavy (non-hydrogen) atoms. The van der Waals surface area contributed by atoms with Crippen LogP contribution in [0.4, 0.5) is 0 Å². The molecule has 2 N–H and O–H groups in total. The van der Waals surface area contributed by atoms with Gasteiger partial charge in [-0.15, -0.1) is 17.9 Å². The SMILES string of the molecule is C=CCOC[C@H](O)CN(Cc1nc2scc(-c3cc(C)ccc3C)c2c(=O)[nH]1)C1CCCCC1. The molecule has 0 saturated heterocycles. The molecule has 7 heteroatoms. The standard InChI is InChI=1S/C27H35N3O3S/c1-4-12-33-16-21(31)14-30(20-8-6-5-7-9-20)15-24-28-26(32)25-23(17-34-27(25)29-24)22-13-18(2)10-11-19(22)3/h4,10-11,13,17,20-21,31H,1,5-9,12,14-16H2,2-3H3,(H,28,29,32)/t21-/m1/s1. The number of hydrogen-bond acceptors (Lipinski definition) is 6. The number of H-pyrrole nitrogens is 1. The summed E-state index contributed by atoms with van der Waals surface area (Å²) in [7, 11) is 0. The number of nitrogens with one attached hydrogen (secondary N) is 1. The Kier molecular flexibility index (Phi) is 8.32. The van der Waals surface area contributed by atoms with Crippen molar-refractivity contribution in [3.63, 3.8) is 0 Å². The highest BCUT2D eigenvalue weighted by atomic mass is 32.1. The monoisotopic (exact) mass is 481 g/mol. The summed E-state index contributed by atoms with van der Waals surface area (Å²) in [6, 6.07) is 6.68. The van der Waals surface area contributed by atoms with E-state index >= 15 is 0 Å². The maximum atomic E-state index is 13.2. The molecule has 0 radical (unpaired) electrons. The van der Waals surface area contributed by atoms with Crippen LogP contribution in [0.3, 0.4) is 0 Å². The van der Waals surface area contributed by atoms with Gasteiger partial charge in [-0.25, -0.2) is 4.98 Å². The van der Waals surface area contributed by atoms with Crippen molar-refractivity contribution in [1.29, 1.82) is 0 Å². The third kappa shape index (κ3) is 5.84. The minimum absolute atomic E-state index is 0.101. The molecule has 1 atom stereocenters. The third-order valence-corrected chi connectivity index (χ3v) is 7.48. The van der Waals surface area contributed by atoms with Gasteiger partial charge in [0, 0.05) is 23.5 Å². The van der Waals surface area contributed by atoms with Gasteiger partial charge in [0.25, 0.3) is 5.56 Å². The van der Waals surface area contributed by atoms with Gasteiger partial charge in [-0.1, -0.05) is 49.1 Å². The number of thiophene rings is 1. The van der Waals surface area contributed by atoms with Crippen molar-refractivity contribution in [3.8, 4) is 11.1 Å². The predicted octanol–water partition coefficient (Wildman–Crippen LogP) is 4.97. The van der Waals surface area contributed by atoms with E-state index in [0.717, 1.165) is 34.4 Å². The summed E-state index contributed by atoms with van der Waals surface area (Å²) in [6.07, 6.45) is 6.92. The summed E-state index contributed by atoms with van der Waals surface area (Å²) < 4.78 is 5.46. The number of aryl methyl sites for hydroxylation is 2. The van der Waals surface area contributed by atoms with E-state index in [0.29, 0.717) is 36.9 Å². The molecule has 1 aliphatic rings. The Hall–Kier alpha value is -2.32. The lowest BCUT2D eigenvalue weighted by molar-refractivity contribution is 0.00880. The van der Waals surface area contributed by atoms with Gasteiger partial charge in [-0.2, -0.15) is 0 Å². The van der Waals surface area contributed by atoms with Crippen molar-refractivity contribution >= 4 is 21.6 Å². The Morgan fingerprint density at radius 1 is 1.29 bits per heavy atom. The van der Waals surface area contributed by atoms with E-state index in [2.05, 4.69) is 48.5 Å². The van der Waals surface area contributed by atoms with Gasteiger partial charge in [-0.05, 0) is 37.8 Å². The highest BCUT2D eigenvalue weighted by molar-refractivity contribution is 7.17. The number of benzene rings is 1. The number of aliphatic hydroxyl groups is 1. The van der Waals surface area contributed by atoms with Crippen LogP contribution in [0.1, 0.15) is 49.1 Å². The summed E-state index contributed by atoms with van der Waals surface area (Å²) in [6.45, 7) is 9.47. The van der Waals surface area contributed by atoms with Crippen LogP contribution >= 0.6 is 11.3 Å². The Morgan fingerprint density at radius 2 is 2.09 bits per heavy atom. The molecule has 1 aliphatic carbocycles. The van der Waals surface area contributed by atoms with Gasteiger partial charge in [-0.3, -0.25) is 9.69 Å². The molecule has 1 saturated carbocycles. The van der Waals surface area contributed by atoms with Crippen molar-refractivity contribution in [3.05, 3.63) is 63.5 Å². The van der Waals surface area contributed by atoms with Crippen LogP contribution in [0.5, 0.6) is 0 Å². The fourth-order valence-corrected chi connectivity index (χ4v) is 5.84. The number of aromatic nitrogens is 2. The molecule has 0 spiro atoms. The van der Waals surface area contributed by atoms with Crippen molar-refractivity contribution < 1.29 is 9.84 Å². The number of ether oxygens (including phenoxy) is 1. The lowest BCUT2D eigenvalue weighted by Gasteiger charge is -2.35. The van der Waals surface area contributed by atoms with Crippen LogP contribution < -0.4 is 5.56 Å². The maximum Gasteiger partial charge on any atom is 0.260 e.